The van der Waals surface area contributed by atoms with Crippen LogP contribution >= 0.6 is 34.5 Å². The lowest BCUT2D eigenvalue weighted by Gasteiger charge is -2.26. The van der Waals surface area contributed by atoms with Crippen molar-refractivity contribution in [3.63, 3.8) is 0 Å². The SMILES string of the molecule is CC(=O)OCC(=O)N1CCc2c(sc3c(Cl)c(Cl)ccc23)C1. The van der Waals surface area contributed by atoms with Crippen LogP contribution in [0.2, 0.25) is 10.0 Å². The summed E-state index contributed by atoms with van der Waals surface area (Å²) in [4.78, 5) is 25.7. The van der Waals surface area contributed by atoms with Gasteiger partial charge in [0.15, 0.2) is 6.61 Å². The fourth-order valence-electron chi connectivity index (χ4n) is 2.57. The molecule has 116 valence electrons. The first-order chi connectivity index (χ1) is 10.5. The second-order valence-corrected chi connectivity index (χ2v) is 6.98. The maximum Gasteiger partial charge on any atom is 0.303 e. The lowest BCUT2D eigenvalue weighted by Crippen LogP contribution is -2.37. The van der Waals surface area contributed by atoms with Gasteiger partial charge < -0.3 is 9.64 Å². The molecule has 0 bridgehead atoms. The van der Waals surface area contributed by atoms with Gasteiger partial charge in [-0.1, -0.05) is 29.3 Å². The van der Waals surface area contributed by atoms with Gasteiger partial charge in [-0.05, 0) is 23.4 Å². The van der Waals surface area contributed by atoms with Crippen LogP contribution in [-0.4, -0.2) is 29.9 Å². The minimum absolute atomic E-state index is 0.178. The van der Waals surface area contributed by atoms with Gasteiger partial charge in [0, 0.05) is 18.3 Å². The number of fused-ring (bicyclic) bond motifs is 3. The average Bonchev–Trinajstić information content (AvgIpc) is 2.87. The third kappa shape index (κ3) is 2.81. The molecule has 4 nitrogen and oxygen atoms in total. The van der Waals surface area contributed by atoms with E-state index < -0.39 is 5.97 Å². The number of carbonyl (C=O) groups is 2. The number of thiophene rings is 1. The van der Waals surface area contributed by atoms with Gasteiger partial charge in [-0.25, -0.2) is 0 Å². The first kappa shape index (κ1) is 15.6. The average molecular weight is 358 g/mol. The second kappa shape index (κ2) is 6.07. The third-order valence-electron chi connectivity index (χ3n) is 3.65. The molecule has 2 aromatic rings. The molecule has 3 rings (SSSR count). The molecular formula is C15H13Cl2NO3S. The number of nitrogens with zero attached hydrogens (tertiary/aromatic N) is 1. The molecule has 0 atom stereocenters. The monoisotopic (exact) mass is 357 g/mol. The Morgan fingerprint density at radius 2 is 2.14 bits per heavy atom. The van der Waals surface area contributed by atoms with Crippen molar-refractivity contribution in [2.24, 2.45) is 0 Å². The summed E-state index contributed by atoms with van der Waals surface area (Å²) >= 11 is 13.9. The van der Waals surface area contributed by atoms with E-state index in [1.807, 2.05) is 6.07 Å². The van der Waals surface area contributed by atoms with Crippen molar-refractivity contribution in [3.05, 3.63) is 32.6 Å². The Balaban J connectivity index is 1.86. The minimum atomic E-state index is -0.450. The molecule has 0 aliphatic carbocycles. The third-order valence-corrected chi connectivity index (χ3v) is 5.82. The molecular weight excluding hydrogens is 345 g/mol. The van der Waals surface area contributed by atoms with Gasteiger partial charge in [0.2, 0.25) is 0 Å². The van der Waals surface area contributed by atoms with E-state index in [1.54, 1.807) is 22.3 Å². The number of halogens is 2. The Morgan fingerprint density at radius 1 is 1.36 bits per heavy atom. The van der Waals surface area contributed by atoms with Crippen LogP contribution in [0.3, 0.4) is 0 Å². The van der Waals surface area contributed by atoms with Gasteiger partial charge in [-0.2, -0.15) is 0 Å². The number of amides is 1. The summed E-state index contributed by atoms with van der Waals surface area (Å²) in [5.41, 5.74) is 1.23. The maximum atomic E-state index is 12.1. The largest absolute Gasteiger partial charge is 0.456 e. The Bertz CT molecular complexity index is 772. The maximum absolute atomic E-state index is 12.1. The van der Waals surface area contributed by atoms with Gasteiger partial charge in [0.25, 0.3) is 5.91 Å². The smallest absolute Gasteiger partial charge is 0.303 e. The van der Waals surface area contributed by atoms with Crippen molar-refractivity contribution < 1.29 is 14.3 Å². The summed E-state index contributed by atoms with van der Waals surface area (Å²) in [6.07, 6.45) is 0.763. The van der Waals surface area contributed by atoms with Gasteiger partial charge in [0.05, 0.1) is 21.3 Å². The number of hydrogen-bond donors (Lipinski definition) is 0. The first-order valence-corrected chi connectivity index (χ1v) is 8.34. The minimum Gasteiger partial charge on any atom is -0.456 e. The summed E-state index contributed by atoms with van der Waals surface area (Å²) in [5.74, 6) is -0.628. The van der Waals surface area contributed by atoms with E-state index >= 15 is 0 Å². The van der Waals surface area contributed by atoms with Crippen LogP contribution in [0.5, 0.6) is 0 Å². The molecule has 0 unspecified atom stereocenters. The van der Waals surface area contributed by atoms with Crippen molar-refractivity contribution in [3.8, 4) is 0 Å². The van der Waals surface area contributed by atoms with E-state index in [-0.39, 0.29) is 12.5 Å². The molecule has 1 amide bonds. The summed E-state index contributed by atoms with van der Waals surface area (Å²) in [6, 6.07) is 3.78. The van der Waals surface area contributed by atoms with Crippen molar-refractivity contribution in [1.29, 1.82) is 0 Å². The van der Waals surface area contributed by atoms with E-state index in [2.05, 4.69) is 0 Å². The van der Waals surface area contributed by atoms with Crippen LogP contribution in [0, 0.1) is 0 Å². The number of hydrogen-bond acceptors (Lipinski definition) is 4. The molecule has 0 saturated carbocycles. The standard InChI is InChI=1S/C15H13Cl2NO3S/c1-8(19)21-7-13(20)18-5-4-9-10-2-3-11(16)14(17)15(10)22-12(9)6-18/h2-3H,4-7H2,1H3. The molecule has 1 aromatic heterocycles. The van der Waals surface area contributed by atoms with Gasteiger partial charge in [-0.15, -0.1) is 11.3 Å². The van der Waals surface area contributed by atoms with E-state index in [9.17, 15) is 9.59 Å². The van der Waals surface area contributed by atoms with Crippen LogP contribution in [0.15, 0.2) is 12.1 Å². The van der Waals surface area contributed by atoms with E-state index in [0.717, 1.165) is 21.4 Å². The molecule has 22 heavy (non-hydrogen) atoms. The summed E-state index contributed by atoms with van der Waals surface area (Å²) in [6.45, 7) is 2.21. The molecule has 1 aliphatic rings. The van der Waals surface area contributed by atoms with Crippen molar-refractivity contribution >= 4 is 56.5 Å². The predicted octanol–water partition coefficient (Wildman–Crippen LogP) is 3.66. The Hall–Kier alpha value is -1.30. The number of rotatable bonds is 2. The fourth-order valence-corrected chi connectivity index (χ4v) is 4.37. The molecule has 1 aliphatic heterocycles. The van der Waals surface area contributed by atoms with Crippen molar-refractivity contribution in [1.82, 2.24) is 4.90 Å². The molecule has 2 heterocycles. The number of carbonyl (C=O) groups excluding carboxylic acids is 2. The number of benzene rings is 1. The highest BCUT2D eigenvalue weighted by Gasteiger charge is 2.25. The topological polar surface area (TPSA) is 46.6 Å². The molecule has 0 radical (unpaired) electrons. The zero-order chi connectivity index (χ0) is 15.9. The lowest BCUT2D eigenvalue weighted by molar-refractivity contribution is -0.150. The quantitative estimate of drug-likeness (QED) is 0.770. The molecule has 7 heteroatoms. The number of ether oxygens (including phenoxy) is 1. The summed E-state index contributed by atoms with van der Waals surface area (Å²) in [7, 11) is 0. The predicted molar refractivity (Wildman–Crippen MR) is 87.6 cm³/mol. The highest BCUT2D eigenvalue weighted by Crippen LogP contribution is 2.41. The van der Waals surface area contributed by atoms with E-state index in [4.69, 9.17) is 27.9 Å². The Labute approximate surface area is 141 Å². The van der Waals surface area contributed by atoms with Crippen LogP contribution in [-0.2, 0) is 27.3 Å². The van der Waals surface area contributed by atoms with E-state index in [0.29, 0.717) is 23.1 Å². The van der Waals surface area contributed by atoms with Crippen molar-refractivity contribution in [2.75, 3.05) is 13.2 Å². The van der Waals surface area contributed by atoms with Crippen LogP contribution in [0.4, 0.5) is 0 Å². The van der Waals surface area contributed by atoms with Gasteiger partial charge in [-0.3, -0.25) is 9.59 Å². The molecule has 0 N–H and O–H groups in total. The Morgan fingerprint density at radius 3 is 2.86 bits per heavy atom. The van der Waals surface area contributed by atoms with Crippen molar-refractivity contribution in [2.45, 2.75) is 19.9 Å². The summed E-state index contributed by atoms with van der Waals surface area (Å²) in [5, 5.41) is 2.22. The second-order valence-electron chi connectivity index (χ2n) is 5.09. The normalized spacial score (nSPS) is 14.0. The van der Waals surface area contributed by atoms with Gasteiger partial charge in [0.1, 0.15) is 0 Å². The zero-order valence-corrected chi connectivity index (χ0v) is 14.1. The van der Waals surface area contributed by atoms with Crippen LogP contribution < -0.4 is 0 Å². The van der Waals surface area contributed by atoms with Crippen LogP contribution in [0.1, 0.15) is 17.4 Å². The number of esters is 1. The molecule has 0 fully saturated rings. The van der Waals surface area contributed by atoms with E-state index in [1.165, 1.54) is 12.5 Å². The fraction of sp³-hybridized carbons (Fsp3) is 0.333. The molecule has 0 spiro atoms. The molecule has 0 saturated heterocycles. The zero-order valence-electron chi connectivity index (χ0n) is 11.8. The van der Waals surface area contributed by atoms with Crippen LogP contribution in [0.25, 0.3) is 10.1 Å². The Kier molecular flexibility index (Phi) is 4.30. The first-order valence-electron chi connectivity index (χ1n) is 6.76. The van der Waals surface area contributed by atoms with Gasteiger partial charge >= 0.3 is 5.97 Å². The highest BCUT2D eigenvalue weighted by atomic mass is 35.5. The molecule has 1 aromatic carbocycles. The highest BCUT2D eigenvalue weighted by molar-refractivity contribution is 7.20. The lowest BCUT2D eigenvalue weighted by atomic mass is 10.0. The summed E-state index contributed by atoms with van der Waals surface area (Å²) < 4.78 is 5.74.